The van der Waals surface area contributed by atoms with E-state index in [0.717, 1.165) is 10.9 Å². The molecule has 0 saturated carbocycles. The van der Waals surface area contributed by atoms with Crippen LogP contribution < -0.4 is 0 Å². The zero-order valence-corrected chi connectivity index (χ0v) is 15.9. The van der Waals surface area contributed by atoms with Crippen LogP contribution in [0.25, 0.3) is 0 Å². The van der Waals surface area contributed by atoms with E-state index in [1.54, 1.807) is 6.92 Å². The van der Waals surface area contributed by atoms with Gasteiger partial charge in [0, 0.05) is 0 Å². The molecular weight excluding hydrogens is 490 g/mol. The third-order valence-corrected chi connectivity index (χ3v) is 5.28. The summed E-state index contributed by atoms with van der Waals surface area (Å²) in [5.41, 5.74) is 1.12. The van der Waals surface area contributed by atoms with Crippen molar-refractivity contribution in [3.8, 4) is 0 Å². The van der Waals surface area contributed by atoms with E-state index in [4.69, 9.17) is 4.74 Å². The molecule has 0 spiro atoms. The van der Waals surface area contributed by atoms with Gasteiger partial charge in [-0.2, -0.15) is 0 Å². The number of ether oxygens (including phenoxy) is 1. The van der Waals surface area contributed by atoms with Gasteiger partial charge in [-0.05, 0) is 0 Å². The van der Waals surface area contributed by atoms with Crippen molar-refractivity contribution in [2.45, 2.75) is 24.3 Å². The van der Waals surface area contributed by atoms with Gasteiger partial charge < -0.3 is 0 Å². The summed E-state index contributed by atoms with van der Waals surface area (Å²) in [5, 5.41) is 0.800. The number of rotatable bonds is 3. The van der Waals surface area contributed by atoms with Crippen LogP contribution >= 0.6 is 15.9 Å². The van der Waals surface area contributed by atoms with Gasteiger partial charge in [-0.1, -0.05) is 0 Å². The van der Waals surface area contributed by atoms with Crippen LogP contribution in [0.15, 0.2) is 24.3 Å². The molecular formula is C12H11BrNO3Tl. The summed E-state index contributed by atoms with van der Waals surface area (Å²) in [6.07, 6.45) is -0.0897. The van der Waals surface area contributed by atoms with E-state index in [9.17, 15) is 9.59 Å². The number of benzene rings is 1. The van der Waals surface area contributed by atoms with Crippen LogP contribution in [0.2, 0.25) is 0 Å². The molecule has 1 aliphatic heterocycles. The molecule has 0 bridgehead atoms. The van der Waals surface area contributed by atoms with E-state index in [1.807, 2.05) is 24.3 Å². The molecule has 2 amide bonds. The summed E-state index contributed by atoms with van der Waals surface area (Å²) in [6.45, 7) is 1.67. The van der Waals surface area contributed by atoms with Gasteiger partial charge in [0.05, 0.1) is 0 Å². The molecule has 1 aromatic rings. The molecule has 1 aliphatic rings. The Bertz CT molecular complexity index is 491. The van der Waals surface area contributed by atoms with Gasteiger partial charge in [0.1, 0.15) is 0 Å². The van der Waals surface area contributed by atoms with E-state index < -0.39 is 11.7 Å². The number of halogens is 1. The van der Waals surface area contributed by atoms with E-state index >= 15 is 0 Å². The van der Waals surface area contributed by atoms with Crippen molar-refractivity contribution in [1.82, 2.24) is 2.71 Å². The molecule has 18 heavy (non-hydrogen) atoms. The number of cyclic esters (lactones) is 1. The first-order valence-electron chi connectivity index (χ1n) is 5.42. The summed E-state index contributed by atoms with van der Waals surface area (Å²) >= 11 is 3.53. The number of imide groups is 1. The van der Waals surface area contributed by atoms with Crippen LogP contribution in [0.4, 0.5) is 4.79 Å². The average Bonchev–Trinajstić information content (AvgIpc) is 2.54. The third kappa shape index (κ3) is 2.61. The van der Waals surface area contributed by atoms with E-state index in [0.29, 0.717) is 6.42 Å². The molecule has 0 radical (unpaired) electrons. The van der Waals surface area contributed by atoms with Gasteiger partial charge in [-0.25, -0.2) is 0 Å². The summed E-state index contributed by atoms with van der Waals surface area (Å²) in [4.78, 5) is 23.4. The first kappa shape index (κ1) is 14.0. The zero-order valence-electron chi connectivity index (χ0n) is 9.85. The van der Waals surface area contributed by atoms with E-state index in [-0.39, 0.29) is 32.0 Å². The molecule has 1 atom stereocenters. The molecule has 0 N–H and O–H groups in total. The maximum atomic E-state index is 12.0. The summed E-state index contributed by atoms with van der Waals surface area (Å²) in [7, 11) is 0. The summed E-state index contributed by atoms with van der Waals surface area (Å²) in [5.74, 6) is -0.220. The fourth-order valence-corrected chi connectivity index (χ4v) is 3.51. The van der Waals surface area contributed by atoms with Crippen molar-refractivity contribution >= 4 is 54.0 Å². The number of hydrogen-bond donors (Lipinski definition) is 0. The second-order valence-electron chi connectivity index (χ2n) is 4.40. The third-order valence-electron chi connectivity index (χ3n) is 2.90. The van der Waals surface area contributed by atoms with Crippen molar-refractivity contribution in [3.63, 3.8) is 0 Å². The normalized spacial score (nSPS) is 23.3. The fraction of sp³-hybridized carbons (Fsp3) is 0.333. The van der Waals surface area contributed by atoms with Crippen molar-refractivity contribution in [3.05, 3.63) is 35.4 Å². The van der Waals surface area contributed by atoms with Crippen molar-refractivity contribution < 1.29 is 14.3 Å². The van der Waals surface area contributed by atoms with Gasteiger partial charge in [-0.15, -0.1) is 0 Å². The monoisotopic (exact) mass is 501 g/mol. The molecule has 92 valence electrons. The Kier molecular flexibility index (Phi) is 4.10. The number of hydrogen-bond acceptors (Lipinski definition) is 3. The van der Waals surface area contributed by atoms with Crippen LogP contribution in [-0.2, 0) is 21.3 Å². The minimum atomic E-state index is -1.04. The predicted octanol–water partition coefficient (Wildman–Crippen LogP) is 1.94. The number of alkyl halides is 1. The van der Waals surface area contributed by atoms with Crippen LogP contribution in [0.3, 0.4) is 0 Å². The standard InChI is InChI=1S/C12H12BrNO3.Tl/c1-12(10(15)14-11(16)17-12)6-8-2-4-9(7-13)5-3-8;/h2-5H,6-7H2,1H3,(H,14,15,16);/q;+1/p-1/t12-;/m0./s1. The Morgan fingerprint density at radius 3 is 2.28 bits per heavy atom. The zero-order chi connectivity index (χ0) is 13.3. The van der Waals surface area contributed by atoms with Crippen molar-refractivity contribution in [2.24, 2.45) is 0 Å². The Hall–Kier alpha value is -0.438. The number of amides is 2. The van der Waals surface area contributed by atoms with Crippen molar-refractivity contribution in [2.75, 3.05) is 0 Å². The predicted molar refractivity (Wildman–Crippen MR) is 70.3 cm³/mol. The van der Waals surface area contributed by atoms with Crippen LogP contribution in [0.1, 0.15) is 18.1 Å². The molecule has 2 rings (SSSR count). The van der Waals surface area contributed by atoms with E-state index in [1.165, 1.54) is 8.27 Å². The first-order valence-corrected chi connectivity index (χ1v) is 8.55. The molecule has 1 heterocycles. The van der Waals surface area contributed by atoms with Crippen molar-refractivity contribution in [1.29, 1.82) is 0 Å². The van der Waals surface area contributed by atoms with Crippen LogP contribution in [0.5, 0.6) is 0 Å². The Balaban J connectivity index is 2.17. The average molecular weight is 502 g/mol. The van der Waals surface area contributed by atoms with Gasteiger partial charge in [-0.3, -0.25) is 0 Å². The molecule has 0 aromatic heterocycles. The van der Waals surface area contributed by atoms with Crippen LogP contribution in [-0.4, -0.2) is 46.4 Å². The molecule has 1 saturated heterocycles. The Morgan fingerprint density at radius 1 is 1.28 bits per heavy atom. The molecule has 0 unspecified atom stereocenters. The number of carbonyl (C=O) groups excluding carboxylic acids is 2. The molecule has 6 heteroatoms. The minimum absolute atomic E-state index is 0.146. The first-order chi connectivity index (χ1) is 8.46. The summed E-state index contributed by atoms with van der Waals surface area (Å²) in [6, 6.07) is 7.91. The fourth-order valence-electron chi connectivity index (χ4n) is 1.87. The SMILES string of the molecule is C[C@@]1(Cc2ccc(CBr)cc2)OC(=O)[N]([Tl])C1=O. The maximum absolute atomic E-state index is 12.0. The van der Waals surface area contributed by atoms with Gasteiger partial charge in [0.25, 0.3) is 0 Å². The van der Waals surface area contributed by atoms with Gasteiger partial charge in [0.15, 0.2) is 0 Å². The van der Waals surface area contributed by atoms with Gasteiger partial charge in [0.2, 0.25) is 0 Å². The quantitative estimate of drug-likeness (QED) is 0.470. The number of nitrogens with zero attached hydrogens (tertiary/aromatic N) is 1. The van der Waals surface area contributed by atoms with Gasteiger partial charge >= 0.3 is 131 Å². The molecule has 0 aliphatic carbocycles. The number of carbonyl (C=O) groups is 2. The Morgan fingerprint density at radius 2 is 1.83 bits per heavy atom. The second-order valence-corrected chi connectivity index (χ2v) is 6.97. The second kappa shape index (κ2) is 5.28. The molecule has 4 nitrogen and oxygen atoms in total. The molecule has 1 fully saturated rings. The topological polar surface area (TPSA) is 46.6 Å². The van der Waals surface area contributed by atoms with E-state index in [2.05, 4.69) is 15.9 Å². The molecule has 1 aromatic carbocycles. The Labute approximate surface area is 130 Å². The summed E-state index contributed by atoms with van der Waals surface area (Å²) < 4.78 is 6.39. The van der Waals surface area contributed by atoms with Crippen LogP contribution in [0, 0.1) is 0 Å².